The van der Waals surface area contributed by atoms with Gasteiger partial charge in [0.2, 0.25) is 10.0 Å². The molecule has 1 heterocycles. The summed E-state index contributed by atoms with van der Waals surface area (Å²) in [5.74, 6) is -0.341. The van der Waals surface area contributed by atoms with Gasteiger partial charge in [-0.1, -0.05) is 54.1 Å². The summed E-state index contributed by atoms with van der Waals surface area (Å²) in [6.07, 6.45) is 7.93. The summed E-state index contributed by atoms with van der Waals surface area (Å²) in [6, 6.07) is 8.59. The molecule has 1 fully saturated rings. The van der Waals surface area contributed by atoms with Crippen molar-refractivity contribution in [3.8, 4) is 0 Å². The normalized spacial score (nSPS) is 22.0. The molecular weight excluding hydrogens is 298 g/mol. The Morgan fingerprint density at radius 1 is 1.23 bits per heavy atom. The maximum Gasteiger partial charge on any atom is 0.221 e. The van der Waals surface area contributed by atoms with E-state index in [-0.39, 0.29) is 5.78 Å². The fourth-order valence-corrected chi connectivity index (χ4v) is 4.40. The highest BCUT2D eigenvalue weighted by Crippen LogP contribution is 2.30. The Balaban J connectivity index is 1.72. The fourth-order valence-electron chi connectivity index (χ4n) is 2.99. The lowest BCUT2D eigenvalue weighted by Crippen LogP contribution is -2.42. The van der Waals surface area contributed by atoms with E-state index in [0.29, 0.717) is 24.6 Å². The molecule has 0 radical (unpaired) electrons. The molecule has 1 atom stereocenters. The minimum absolute atomic E-state index is 0.347. The lowest BCUT2D eigenvalue weighted by molar-refractivity contribution is 0.101. The second-order valence-corrected chi connectivity index (χ2v) is 7.74. The number of hydrogen-bond donors (Lipinski definition) is 0. The molecule has 1 aliphatic carbocycles. The molecule has 1 saturated heterocycles. The molecule has 0 saturated carbocycles. The monoisotopic (exact) mass is 317 g/mol. The van der Waals surface area contributed by atoms with E-state index in [1.54, 1.807) is 30.3 Å². The Bertz CT molecular complexity index is 720. The van der Waals surface area contributed by atoms with Crippen LogP contribution in [-0.2, 0) is 10.0 Å². The van der Waals surface area contributed by atoms with E-state index >= 15 is 0 Å². The van der Waals surface area contributed by atoms with E-state index in [1.807, 2.05) is 12.2 Å². The summed E-state index contributed by atoms with van der Waals surface area (Å²) in [6.45, 7) is 0.916. The van der Waals surface area contributed by atoms with E-state index in [2.05, 4.69) is 6.08 Å². The summed E-state index contributed by atoms with van der Waals surface area (Å²) in [4.78, 5) is 12.2. The van der Waals surface area contributed by atoms with Gasteiger partial charge in [0, 0.05) is 18.7 Å². The van der Waals surface area contributed by atoms with Crippen molar-refractivity contribution in [3.05, 3.63) is 59.7 Å². The van der Waals surface area contributed by atoms with Gasteiger partial charge in [-0.15, -0.1) is 0 Å². The number of sulfonamides is 1. The minimum atomic E-state index is -3.56. The van der Waals surface area contributed by atoms with E-state index in [1.165, 1.54) is 4.31 Å². The predicted octanol–water partition coefficient (Wildman–Crippen LogP) is 2.41. The van der Waals surface area contributed by atoms with Gasteiger partial charge in [-0.2, -0.15) is 4.31 Å². The molecule has 2 aliphatic rings. The van der Waals surface area contributed by atoms with Crippen LogP contribution in [0.1, 0.15) is 23.2 Å². The first-order chi connectivity index (χ1) is 10.6. The molecule has 0 bridgehead atoms. The Hall–Kier alpha value is -1.72. The van der Waals surface area contributed by atoms with Gasteiger partial charge in [-0.3, -0.25) is 4.79 Å². The van der Waals surface area contributed by atoms with Crippen LogP contribution in [-0.4, -0.2) is 37.3 Å². The molecule has 3 rings (SSSR count). The third-order valence-electron chi connectivity index (χ3n) is 4.28. The van der Waals surface area contributed by atoms with Gasteiger partial charge in [-0.25, -0.2) is 8.42 Å². The molecular formula is C17H19NO3S. The summed E-state index contributed by atoms with van der Waals surface area (Å²) < 4.78 is 26.5. The molecule has 22 heavy (non-hydrogen) atoms. The van der Waals surface area contributed by atoms with E-state index in [4.69, 9.17) is 0 Å². The Labute approximate surface area is 131 Å². The number of carbonyl (C=O) groups is 1. The molecule has 1 unspecified atom stereocenters. The third kappa shape index (κ3) is 3.20. The topological polar surface area (TPSA) is 54.5 Å². The first-order valence-corrected chi connectivity index (χ1v) is 9.09. The molecule has 0 N–H and O–H groups in total. The molecule has 1 aromatic carbocycles. The van der Waals surface area contributed by atoms with Crippen molar-refractivity contribution in [3.63, 3.8) is 0 Å². The van der Waals surface area contributed by atoms with Crippen LogP contribution in [0.2, 0.25) is 0 Å². The molecule has 1 aromatic rings. The summed E-state index contributed by atoms with van der Waals surface area (Å²) in [7, 11) is -3.56. The predicted molar refractivity (Wildman–Crippen MR) is 86.1 cm³/mol. The summed E-state index contributed by atoms with van der Waals surface area (Å²) >= 11 is 0. The number of ketones is 1. The van der Waals surface area contributed by atoms with Crippen molar-refractivity contribution in [1.29, 1.82) is 0 Å². The number of carbonyl (C=O) groups excluding carboxylic acids is 1. The maximum absolute atomic E-state index is 12.5. The number of rotatable bonds is 4. The Morgan fingerprint density at radius 3 is 2.77 bits per heavy atom. The van der Waals surface area contributed by atoms with Crippen molar-refractivity contribution in [2.75, 3.05) is 18.8 Å². The molecule has 0 aromatic heterocycles. The van der Waals surface area contributed by atoms with Gasteiger partial charge >= 0.3 is 0 Å². The molecule has 0 spiro atoms. The lowest BCUT2D eigenvalue weighted by Gasteiger charge is -2.34. The van der Waals surface area contributed by atoms with Crippen molar-refractivity contribution < 1.29 is 13.2 Å². The second-order valence-electron chi connectivity index (χ2n) is 5.77. The van der Waals surface area contributed by atoms with E-state index in [9.17, 15) is 13.2 Å². The number of hydrogen-bond acceptors (Lipinski definition) is 3. The fraction of sp³-hybridized carbons (Fsp3) is 0.353. The van der Waals surface area contributed by atoms with E-state index in [0.717, 1.165) is 18.4 Å². The van der Waals surface area contributed by atoms with Crippen molar-refractivity contribution in [2.45, 2.75) is 12.8 Å². The van der Waals surface area contributed by atoms with Crippen LogP contribution in [0, 0.1) is 5.92 Å². The number of Topliss-reactive ketones (excluding diaryl/α,β-unsaturated/α-hetero) is 1. The zero-order valence-corrected chi connectivity index (χ0v) is 13.1. The van der Waals surface area contributed by atoms with Crippen molar-refractivity contribution >= 4 is 15.8 Å². The van der Waals surface area contributed by atoms with Crippen LogP contribution in [0.25, 0.3) is 0 Å². The van der Waals surface area contributed by atoms with Crippen molar-refractivity contribution in [2.24, 2.45) is 5.92 Å². The number of allylic oxidation sites excluding steroid dienone is 3. The average molecular weight is 317 g/mol. The van der Waals surface area contributed by atoms with Gasteiger partial charge in [0.1, 0.15) is 5.75 Å². The van der Waals surface area contributed by atoms with Gasteiger partial charge < -0.3 is 0 Å². The van der Waals surface area contributed by atoms with Gasteiger partial charge in [-0.05, 0) is 18.8 Å². The first-order valence-electron chi connectivity index (χ1n) is 7.48. The SMILES string of the molecule is O=C(CS(=O)(=O)N1CCC2CC=CC=C2C1)c1ccccc1. The molecule has 1 aliphatic heterocycles. The molecule has 5 heteroatoms. The standard InChI is InChI=1S/C17H19NO3S/c19-17(15-7-2-1-3-8-15)13-22(20,21)18-11-10-14-6-4-5-9-16(14)12-18/h1-5,7-9,14H,6,10-13H2. The number of fused-ring (bicyclic) bond motifs is 1. The quantitative estimate of drug-likeness (QED) is 0.801. The highest BCUT2D eigenvalue weighted by atomic mass is 32.2. The Morgan fingerprint density at radius 2 is 2.00 bits per heavy atom. The third-order valence-corrected chi connectivity index (χ3v) is 6.01. The van der Waals surface area contributed by atoms with Crippen molar-refractivity contribution in [1.82, 2.24) is 4.31 Å². The van der Waals surface area contributed by atoms with Gasteiger partial charge in [0.25, 0.3) is 0 Å². The summed E-state index contributed by atoms with van der Waals surface area (Å²) in [5, 5.41) is 0. The Kier molecular flexibility index (Phi) is 4.27. The highest BCUT2D eigenvalue weighted by Gasteiger charge is 2.32. The van der Waals surface area contributed by atoms with Crippen LogP contribution < -0.4 is 0 Å². The number of benzene rings is 1. The van der Waals surface area contributed by atoms with Crippen LogP contribution in [0.5, 0.6) is 0 Å². The number of nitrogens with zero attached hydrogens (tertiary/aromatic N) is 1. The average Bonchev–Trinajstić information content (AvgIpc) is 2.55. The molecule has 4 nitrogen and oxygen atoms in total. The largest absolute Gasteiger partial charge is 0.293 e. The second kappa shape index (κ2) is 6.18. The van der Waals surface area contributed by atoms with Gasteiger partial charge in [0.05, 0.1) is 0 Å². The number of piperidine rings is 1. The molecule has 0 amide bonds. The minimum Gasteiger partial charge on any atom is -0.293 e. The first kappa shape index (κ1) is 15.2. The maximum atomic E-state index is 12.5. The van der Waals surface area contributed by atoms with Crippen LogP contribution in [0.15, 0.2) is 54.1 Å². The zero-order chi connectivity index (χ0) is 15.6. The molecule has 116 valence electrons. The van der Waals surface area contributed by atoms with Crippen LogP contribution in [0.3, 0.4) is 0 Å². The van der Waals surface area contributed by atoms with Crippen LogP contribution >= 0.6 is 0 Å². The zero-order valence-electron chi connectivity index (χ0n) is 12.3. The summed E-state index contributed by atoms with van der Waals surface area (Å²) in [5.41, 5.74) is 1.60. The van der Waals surface area contributed by atoms with E-state index < -0.39 is 15.8 Å². The highest BCUT2D eigenvalue weighted by molar-refractivity contribution is 7.89. The van der Waals surface area contributed by atoms with Gasteiger partial charge in [0.15, 0.2) is 5.78 Å². The van der Waals surface area contributed by atoms with Crippen LogP contribution in [0.4, 0.5) is 0 Å². The smallest absolute Gasteiger partial charge is 0.221 e. The lowest BCUT2D eigenvalue weighted by atomic mass is 9.86.